The molecular weight excluding hydrogens is 222 g/mol. The van der Waals surface area contributed by atoms with Crippen molar-refractivity contribution in [2.24, 2.45) is 5.84 Å². The molecule has 0 fully saturated rings. The maximum Gasteiger partial charge on any atom is 0.276 e. The lowest BCUT2D eigenvalue weighted by molar-refractivity contribution is 0.102. The fourth-order valence-corrected chi connectivity index (χ4v) is 1.08. The van der Waals surface area contributed by atoms with E-state index in [-0.39, 0.29) is 11.6 Å². The Hall–Kier alpha value is -2.61. The molecule has 0 radical (unpaired) electrons. The van der Waals surface area contributed by atoms with Gasteiger partial charge in [0.25, 0.3) is 5.91 Å². The number of nitrogens with zero attached hydrogens (tertiary/aromatic N) is 4. The van der Waals surface area contributed by atoms with Crippen molar-refractivity contribution in [3.8, 4) is 0 Å². The Morgan fingerprint density at radius 2 is 2.12 bits per heavy atom. The molecule has 0 aromatic carbocycles. The molecule has 1 amide bonds. The van der Waals surface area contributed by atoms with Crippen LogP contribution in [0.2, 0.25) is 0 Å². The van der Waals surface area contributed by atoms with Crippen LogP contribution in [0.25, 0.3) is 0 Å². The average Bonchev–Trinajstić information content (AvgIpc) is 2.40. The molecule has 2 rings (SSSR count). The highest BCUT2D eigenvalue weighted by Crippen LogP contribution is 2.05. The van der Waals surface area contributed by atoms with E-state index < -0.39 is 5.91 Å². The zero-order valence-electron chi connectivity index (χ0n) is 8.66. The minimum atomic E-state index is -0.415. The maximum absolute atomic E-state index is 11.7. The predicted molar refractivity (Wildman–Crippen MR) is 59.8 cm³/mol. The molecule has 0 aliphatic carbocycles. The molecule has 17 heavy (non-hydrogen) atoms. The van der Waals surface area contributed by atoms with Crippen molar-refractivity contribution in [3.63, 3.8) is 0 Å². The Morgan fingerprint density at radius 3 is 2.71 bits per heavy atom. The van der Waals surface area contributed by atoms with Crippen molar-refractivity contribution < 1.29 is 4.79 Å². The number of carbonyl (C=O) groups excluding carboxylic acids is 1. The molecule has 0 atom stereocenters. The molecular formula is C9H9N7O. The van der Waals surface area contributed by atoms with Gasteiger partial charge in [-0.25, -0.2) is 9.97 Å². The molecule has 2 aromatic heterocycles. The zero-order chi connectivity index (χ0) is 12.1. The summed E-state index contributed by atoms with van der Waals surface area (Å²) in [6.45, 7) is 0. The summed E-state index contributed by atoms with van der Waals surface area (Å²) in [5.41, 5.74) is 3.26. The Morgan fingerprint density at radius 1 is 1.24 bits per heavy atom. The van der Waals surface area contributed by atoms with Gasteiger partial charge in [-0.2, -0.15) is 5.10 Å². The van der Waals surface area contributed by atoms with E-state index in [9.17, 15) is 4.79 Å². The molecule has 0 bridgehead atoms. The molecule has 0 saturated carbocycles. The molecule has 4 N–H and O–H groups in total. The van der Waals surface area contributed by atoms with Gasteiger partial charge >= 0.3 is 0 Å². The first-order valence-corrected chi connectivity index (χ1v) is 4.67. The summed E-state index contributed by atoms with van der Waals surface area (Å²) >= 11 is 0. The zero-order valence-corrected chi connectivity index (χ0v) is 8.66. The van der Waals surface area contributed by atoms with Gasteiger partial charge in [0.05, 0.1) is 24.3 Å². The smallest absolute Gasteiger partial charge is 0.276 e. The van der Waals surface area contributed by atoms with Crippen LogP contribution >= 0.6 is 0 Å². The van der Waals surface area contributed by atoms with E-state index in [0.29, 0.717) is 5.69 Å². The molecule has 0 saturated heterocycles. The summed E-state index contributed by atoms with van der Waals surface area (Å²) in [6.07, 6.45) is 4.28. The van der Waals surface area contributed by atoms with Crippen LogP contribution in [0.5, 0.6) is 0 Å². The van der Waals surface area contributed by atoms with Crippen LogP contribution in [-0.4, -0.2) is 26.1 Å². The fourth-order valence-electron chi connectivity index (χ4n) is 1.08. The topological polar surface area (TPSA) is 119 Å². The van der Waals surface area contributed by atoms with E-state index in [4.69, 9.17) is 5.84 Å². The molecule has 8 nitrogen and oxygen atoms in total. The highest BCUT2D eigenvalue weighted by Gasteiger charge is 2.08. The Labute approximate surface area is 96.3 Å². The largest absolute Gasteiger partial charge is 0.323 e. The number of nitrogens with two attached hydrogens (primary N) is 1. The van der Waals surface area contributed by atoms with Crippen LogP contribution in [0.4, 0.5) is 11.6 Å². The third kappa shape index (κ3) is 2.69. The van der Waals surface area contributed by atoms with E-state index in [1.54, 1.807) is 6.07 Å². The van der Waals surface area contributed by atoms with Crippen molar-refractivity contribution in [1.82, 2.24) is 20.2 Å². The summed E-state index contributed by atoms with van der Waals surface area (Å²) in [4.78, 5) is 19.4. The van der Waals surface area contributed by atoms with Gasteiger partial charge < -0.3 is 5.43 Å². The first kappa shape index (κ1) is 10.9. The number of hydrogen-bond acceptors (Lipinski definition) is 7. The summed E-state index contributed by atoms with van der Waals surface area (Å²) in [7, 11) is 0. The van der Waals surface area contributed by atoms with Crippen LogP contribution in [0.3, 0.4) is 0 Å². The van der Waals surface area contributed by atoms with Gasteiger partial charge in [-0.3, -0.25) is 16.0 Å². The second-order valence-corrected chi connectivity index (χ2v) is 3.00. The molecule has 86 valence electrons. The van der Waals surface area contributed by atoms with Crippen molar-refractivity contribution in [1.29, 1.82) is 0 Å². The lowest BCUT2D eigenvalue weighted by Crippen LogP contribution is -2.16. The number of carbonyl (C=O) groups is 1. The van der Waals surface area contributed by atoms with Crippen LogP contribution in [0, 0.1) is 0 Å². The Kier molecular flexibility index (Phi) is 3.17. The fraction of sp³-hybridized carbons (Fsp3) is 0. The number of hydrogen-bond donors (Lipinski definition) is 3. The van der Waals surface area contributed by atoms with E-state index in [1.807, 2.05) is 0 Å². The highest BCUT2D eigenvalue weighted by molar-refractivity contribution is 6.01. The third-order valence-corrected chi connectivity index (χ3v) is 1.87. The SMILES string of the molecule is NNc1ccc(C(=O)Nc2nccnn2)nc1. The van der Waals surface area contributed by atoms with Crippen LogP contribution in [-0.2, 0) is 0 Å². The third-order valence-electron chi connectivity index (χ3n) is 1.87. The number of amides is 1. The molecule has 2 heterocycles. The summed E-state index contributed by atoms with van der Waals surface area (Å²) in [5, 5.41) is 9.67. The number of rotatable bonds is 3. The standard InChI is InChI=1S/C9H9N7O/c10-15-6-1-2-7(12-5-6)8(17)14-9-11-3-4-13-16-9/h1-5,15H,10H2,(H,11,14,16,17). The summed E-state index contributed by atoms with van der Waals surface area (Å²) < 4.78 is 0. The van der Waals surface area contributed by atoms with E-state index in [0.717, 1.165) is 0 Å². The van der Waals surface area contributed by atoms with Crippen molar-refractivity contribution in [3.05, 3.63) is 36.4 Å². The summed E-state index contributed by atoms with van der Waals surface area (Å²) in [6, 6.07) is 3.16. The average molecular weight is 231 g/mol. The van der Waals surface area contributed by atoms with Crippen LogP contribution in [0.1, 0.15) is 10.5 Å². The highest BCUT2D eigenvalue weighted by atomic mass is 16.2. The monoisotopic (exact) mass is 231 g/mol. The van der Waals surface area contributed by atoms with Gasteiger partial charge in [0.1, 0.15) is 5.69 Å². The first-order valence-electron chi connectivity index (χ1n) is 4.67. The number of anilines is 2. The first-order chi connectivity index (χ1) is 8.29. The molecule has 0 aliphatic heterocycles. The van der Waals surface area contributed by atoms with Crippen molar-refractivity contribution >= 4 is 17.5 Å². The lowest BCUT2D eigenvalue weighted by Gasteiger charge is -2.03. The Bertz CT molecular complexity index is 499. The quantitative estimate of drug-likeness (QED) is 0.494. The maximum atomic E-state index is 11.7. The van der Waals surface area contributed by atoms with E-state index >= 15 is 0 Å². The van der Waals surface area contributed by atoms with Gasteiger partial charge in [-0.1, -0.05) is 0 Å². The normalized spacial score (nSPS) is 9.71. The van der Waals surface area contributed by atoms with Gasteiger partial charge in [-0.15, -0.1) is 5.10 Å². The van der Waals surface area contributed by atoms with Gasteiger partial charge in [0.2, 0.25) is 5.95 Å². The number of pyridine rings is 1. The van der Waals surface area contributed by atoms with E-state index in [1.165, 1.54) is 24.7 Å². The number of aromatic nitrogens is 4. The molecule has 8 heteroatoms. The lowest BCUT2D eigenvalue weighted by atomic mass is 10.3. The second-order valence-electron chi connectivity index (χ2n) is 3.00. The minimum Gasteiger partial charge on any atom is -0.323 e. The minimum absolute atomic E-state index is 0.125. The van der Waals surface area contributed by atoms with Crippen molar-refractivity contribution in [2.45, 2.75) is 0 Å². The Balaban J connectivity index is 2.09. The molecule has 0 aliphatic rings. The second kappa shape index (κ2) is 4.94. The summed E-state index contributed by atoms with van der Waals surface area (Å²) in [5.74, 6) is 4.89. The predicted octanol–water partition coefficient (Wildman–Crippen LogP) is -0.196. The van der Waals surface area contributed by atoms with Gasteiger partial charge in [0.15, 0.2) is 0 Å². The van der Waals surface area contributed by atoms with Crippen molar-refractivity contribution in [2.75, 3.05) is 10.7 Å². The van der Waals surface area contributed by atoms with E-state index in [2.05, 4.69) is 30.9 Å². The number of nitrogens with one attached hydrogen (secondary N) is 2. The van der Waals surface area contributed by atoms with Crippen LogP contribution in [0.15, 0.2) is 30.7 Å². The van der Waals surface area contributed by atoms with Crippen LogP contribution < -0.4 is 16.6 Å². The molecule has 0 spiro atoms. The van der Waals surface area contributed by atoms with Gasteiger partial charge in [0, 0.05) is 0 Å². The number of hydrazine groups is 1. The molecule has 2 aromatic rings. The van der Waals surface area contributed by atoms with Gasteiger partial charge in [-0.05, 0) is 12.1 Å². The molecule has 0 unspecified atom stereocenters. The number of nitrogen functional groups attached to an aromatic ring is 1.